The molecule has 0 aliphatic rings. The molecule has 0 spiro atoms. The number of aryl methyl sites for hydroxylation is 1. The third-order valence-corrected chi connectivity index (χ3v) is 4.98. The van der Waals surface area contributed by atoms with Gasteiger partial charge >= 0.3 is 5.97 Å². The van der Waals surface area contributed by atoms with E-state index in [4.69, 9.17) is 9.47 Å². The van der Waals surface area contributed by atoms with Crippen LogP contribution in [0, 0.1) is 13.8 Å². The predicted molar refractivity (Wildman–Crippen MR) is 110 cm³/mol. The Balaban J connectivity index is 2.42. The van der Waals surface area contributed by atoms with Gasteiger partial charge in [0.1, 0.15) is 11.4 Å². The maximum Gasteiger partial charge on any atom is 0.354 e. The van der Waals surface area contributed by atoms with Crippen LogP contribution in [-0.2, 0) is 4.74 Å². The maximum atomic E-state index is 13.3. The molecule has 0 radical (unpaired) electrons. The van der Waals surface area contributed by atoms with Crippen LogP contribution in [0.3, 0.4) is 0 Å². The van der Waals surface area contributed by atoms with Crippen LogP contribution < -0.4 is 4.74 Å². The molecule has 1 aromatic carbocycles. The van der Waals surface area contributed by atoms with Gasteiger partial charge in [-0.2, -0.15) is 0 Å². The van der Waals surface area contributed by atoms with Crippen LogP contribution >= 0.6 is 0 Å². The van der Waals surface area contributed by atoms with Gasteiger partial charge in [-0.15, -0.1) is 0 Å². The molecule has 1 atom stereocenters. The SMILES string of the molecule is COC(=O)c1[nH]c(C)c(C(=O)[C@H](C)N(C(=O)c2cccc(OC)c2)C(C)C)c1C. The van der Waals surface area contributed by atoms with Crippen LogP contribution in [0.5, 0.6) is 5.75 Å². The lowest BCUT2D eigenvalue weighted by molar-refractivity contribution is 0.0565. The van der Waals surface area contributed by atoms with Crippen molar-refractivity contribution >= 4 is 17.7 Å². The maximum absolute atomic E-state index is 13.3. The van der Waals surface area contributed by atoms with E-state index in [1.165, 1.54) is 14.2 Å². The lowest BCUT2D eigenvalue weighted by Gasteiger charge is -2.32. The molecular weight excluding hydrogens is 372 g/mol. The van der Waals surface area contributed by atoms with Gasteiger partial charge in [-0.1, -0.05) is 6.07 Å². The Morgan fingerprint density at radius 1 is 1.07 bits per heavy atom. The number of Topliss-reactive ketones (excluding diaryl/α,β-unsaturated/α-hetero) is 1. The molecule has 7 nitrogen and oxygen atoms in total. The molecule has 1 heterocycles. The monoisotopic (exact) mass is 400 g/mol. The summed E-state index contributed by atoms with van der Waals surface area (Å²) in [4.78, 5) is 42.9. The van der Waals surface area contributed by atoms with E-state index in [9.17, 15) is 14.4 Å². The highest BCUT2D eigenvalue weighted by atomic mass is 16.5. The van der Waals surface area contributed by atoms with Crippen molar-refractivity contribution in [1.82, 2.24) is 9.88 Å². The third kappa shape index (κ3) is 4.34. The topological polar surface area (TPSA) is 88.7 Å². The van der Waals surface area contributed by atoms with Crippen LogP contribution in [0.4, 0.5) is 0 Å². The van der Waals surface area contributed by atoms with E-state index >= 15 is 0 Å². The number of aromatic nitrogens is 1. The number of nitrogens with one attached hydrogen (secondary N) is 1. The summed E-state index contributed by atoms with van der Waals surface area (Å²) in [5.41, 5.74) is 2.18. The first-order valence-corrected chi connectivity index (χ1v) is 9.42. The van der Waals surface area contributed by atoms with Gasteiger partial charge in [0.05, 0.1) is 20.3 Å². The summed E-state index contributed by atoms with van der Waals surface area (Å²) in [6, 6.07) is 5.89. The minimum absolute atomic E-state index is 0.215. The summed E-state index contributed by atoms with van der Waals surface area (Å²) in [6.07, 6.45) is 0. The van der Waals surface area contributed by atoms with Gasteiger partial charge in [-0.3, -0.25) is 9.59 Å². The zero-order valence-corrected chi connectivity index (χ0v) is 18.0. The summed E-state index contributed by atoms with van der Waals surface area (Å²) < 4.78 is 9.98. The number of ketones is 1. The van der Waals surface area contributed by atoms with Crippen molar-refractivity contribution in [3.8, 4) is 5.75 Å². The fraction of sp³-hybridized carbons (Fsp3) is 0.409. The minimum Gasteiger partial charge on any atom is -0.497 e. The fourth-order valence-electron chi connectivity index (χ4n) is 3.52. The van der Waals surface area contributed by atoms with Crippen LogP contribution in [0.25, 0.3) is 0 Å². The number of methoxy groups -OCH3 is 2. The van der Waals surface area contributed by atoms with E-state index in [1.807, 2.05) is 13.8 Å². The second-order valence-electron chi connectivity index (χ2n) is 7.19. The Kier molecular flexibility index (Phi) is 6.84. The molecule has 1 N–H and O–H groups in total. The number of esters is 1. The Hall–Kier alpha value is -3.09. The quantitative estimate of drug-likeness (QED) is 0.567. The van der Waals surface area contributed by atoms with Crippen molar-refractivity contribution in [1.29, 1.82) is 0 Å². The number of aromatic amines is 1. The van der Waals surface area contributed by atoms with Crippen LogP contribution in [-0.4, -0.2) is 53.8 Å². The molecule has 0 fully saturated rings. The number of H-pyrrole nitrogens is 1. The molecule has 0 aliphatic heterocycles. The van der Waals surface area contributed by atoms with Crippen LogP contribution in [0.2, 0.25) is 0 Å². The fourth-order valence-corrected chi connectivity index (χ4v) is 3.52. The first-order chi connectivity index (χ1) is 13.6. The van der Waals surface area contributed by atoms with Gasteiger partial charge in [0.25, 0.3) is 5.91 Å². The Morgan fingerprint density at radius 3 is 2.28 bits per heavy atom. The first-order valence-electron chi connectivity index (χ1n) is 9.42. The Morgan fingerprint density at radius 2 is 1.72 bits per heavy atom. The standard InChI is InChI=1S/C22H28N2O5/c1-12(2)24(21(26)16-9-8-10-17(11-16)28-6)15(5)20(25)18-13(3)19(22(27)29-7)23-14(18)4/h8-12,15,23H,1-7H3/t15-/m0/s1. The average molecular weight is 400 g/mol. The summed E-state index contributed by atoms with van der Waals surface area (Å²) in [7, 11) is 2.82. The highest BCUT2D eigenvalue weighted by molar-refractivity contribution is 6.07. The normalized spacial score (nSPS) is 11.9. The molecule has 1 amide bonds. The second-order valence-corrected chi connectivity index (χ2v) is 7.19. The first kappa shape index (κ1) is 22.2. The number of hydrogen-bond acceptors (Lipinski definition) is 5. The molecule has 29 heavy (non-hydrogen) atoms. The number of amides is 1. The van der Waals surface area contributed by atoms with Crippen molar-refractivity contribution in [3.63, 3.8) is 0 Å². The van der Waals surface area contributed by atoms with E-state index in [-0.39, 0.29) is 23.4 Å². The van der Waals surface area contributed by atoms with Gasteiger partial charge < -0.3 is 19.4 Å². The number of rotatable bonds is 7. The predicted octanol–water partition coefficient (Wildman–Crippen LogP) is 3.55. The number of benzene rings is 1. The highest BCUT2D eigenvalue weighted by Gasteiger charge is 2.33. The molecule has 0 saturated carbocycles. The summed E-state index contributed by atoms with van der Waals surface area (Å²) in [6.45, 7) is 8.84. The van der Waals surface area contributed by atoms with Crippen molar-refractivity contribution in [2.75, 3.05) is 14.2 Å². The molecule has 0 bridgehead atoms. The number of hydrogen-bond donors (Lipinski definition) is 1. The zero-order valence-electron chi connectivity index (χ0n) is 18.0. The molecule has 0 aliphatic carbocycles. The molecule has 2 rings (SSSR count). The summed E-state index contributed by atoms with van der Waals surface area (Å²) >= 11 is 0. The van der Waals surface area contributed by atoms with E-state index in [2.05, 4.69) is 4.98 Å². The van der Waals surface area contributed by atoms with E-state index in [1.54, 1.807) is 49.9 Å². The highest BCUT2D eigenvalue weighted by Crippen LogP contribution is 2.24. The van der Waals surface area contributed by atoms with E-state index < -0.39 is 12.0 Å². The second kappa shape index (κ2) is 8.94. The van der Waals surface area contributed by atoms with Gasteiger partial charge in [0, 0.05) is 22.9 Å². The Bertz CT molecular complexity index is 929. The molecule has 0 unspecified atom stereocenters. The summed E-state index contributed by atoms with van der Waals surface area (Å²) in [5.74, 6) is -0.473. The molecule has 1 aromatic heterocycles. The summed E-state index contributed by atoms with van der Waals surface area (Å²) in [5, 5.41) is 0. The van der Waals surface area contributed by atoms with Gasteiger partial charge in [0.2, 0.25) is 0 Å². The van der Waals surface area contributed by atoms with Crippen molar-refractivity contribution in [2.24, 2.45) is 0 Å². The molecule has 156 valence electrons. The number of carbonyl (C=O) groups is 3. The average Bonchev–Trinajstić information content (AvgIpc) is 3.00. The molecule has 7 heteroatoms. The minimum atomic E-state index is -0.729. The zero-order chi connectivity index (χ0) is 21.9. The van der Waals surface area contributed by atoms with Crippen molar-refractivity contribution < 1.29 is 23.9 Å². The number of carbonyl (C=O) groups excluding carboxylic acids is 3. The Labute approximate surface area is 171 Å². The lowest BCUT2D eigenvalue weighted by Crippen LogP contribution is -2.47. The lowest BCUT2D eigenvalue weighted by atomic mass is 9.98. The van der Waals surface area contributed by atoms with E-state index in [0.29, 0.717) is 28.1 Å². The molecule has 0 saturated heterocycles. The van der Waals surface area contributed by atoms with Crippen molar-refractivity contribution in [2.45, 2.75) is 46.7 Å². The molecular formula is C22H28N2O5. The van der Waals surface area contributed by atoms with Gasteiger partial charge in [-0.25, -0.2) is 4.79 Å². The third-order valence-electron chi connectivity index (χ3n) is 4.98. The van der Waals surface area contributed by atoms with Gasteiger partial charge in [-0.05, 0) is 58.4 Å². The van der Waals surface area contributed by atoms with E-state index in [0.717, 1.165) is 0 Å². The molecule has 2 aromatic rings. The smallest absolute Gasteiger partial charge is 0.354 e. The van der Waals surface area contributed by atoms with Crippen LogP contribution in [0.1, 0.15) is 63.2 Å². The van der Waals surface area contributed by atoms with Gasteiger partial charge in [0.15, 0.2) is 5.78 Å². The van der Waals surface area contributed by atoms with Crippen LogP contribution in [0.15, 0.2) is 24.3 Å². The largest absolute Gasteiger partial charge is 0.497 e. The number of nitrogens with zero attached hydrogens (tertiary/aromatic N) is 1. The van der Waals surface area contributed by atoms with Crippen molar-refractivity contribution in [3.05, 3.63) is 52.3 Å². The number of ether oxygens (including phenoxy) is 2.